The van der Waals surface area contributed by atoms with E-state index in [1.165, 1.54) is 4.57 Å². The van der Waals surface area contributed by atoms with E-state index in [1.54, 1.807) is 32.6 Å². The highest BCUT2D eigenvalue weighted by Gasteiger charge is 2.33. The fraction of sp³-hybridized carbons (Fsp3) is 0.300. The number of pyridine rings is 1. The average Bonchev–Trinajstić information content (AvgIpc) is 3.13. The molecule has 0 radical (unpaired) electrons. The lowest BCUT2D eigenvalue weighted by atomic mass is 9.98. The number of methoxy groups -OCH3 is 1. The summed E-state index contributed by atoms with van der Waals surface area (Å²) in [4.78, 5) is 27.8. The smallest absolute Gasteiger partial charge is 0.274 e. The van der Waals surface area contributed by atoms with E-state index in [1.807, 2.05) is 26.0 Å². The van der Waals surface area contributed by atoms with Crippen LogP contribution in [-0.2, 0) is 11.8 Å². The Morgan fingerprint density at radius 3 is 2.70 bits per heavy atom. The van der Waals surface area contributed by atoms with Crippen molar-refractivity contribution in [3.05, 3.63) is 40.9 Å². The van der Waals surface area contributed by atoms with Crippen LogP contribution in [0, 0.1) is 5.92 Å². The number of nitrogens with zero attached hydrogens (tertiary/aromatic N) is 1. The molecule has 3 heterocycles. The summed E-state index contributed by atoms with van der Waals surface area (Å²) in [5.41, 5.74) is 2.55. The summed E-state index contributed by atoms with van der Waals surface area (Å²) in [6, 6.07) is 5.46. The van der Waals surface area contributed by atoms with Gasteiger partial charge in [-0.25, -0.2) is 0 Å². The first-order valence-electron chi connectivity index (χ1n) is 8.77. The monoisotopic (exact) mass is 367 g/mol. The van der Waals surface area contributed by atoms with Gasteiger partial charge in [-0.15, -0.1) is 0 Å². The van der Waals surface area contributed by atoms with Crippen molar-refractivity contribution < 1.29 is 14.3 Å². The molecular weight excluding hydrogens is 346 g/mol. The topological polar surface area (TPSA) is 85.3 Å². The van der Waals surface area contributed by atoms with Crippen molar-refractivity contribution in [2.45, 2.75) is 20.0 Å². The molecular formula is C20H21N3O4. The molecule has 1 atom stereocenters. The number of nitrogens with one attached hydrogen (secondary N) is 2. The summed E-state index contributed by atoms with van der Waals surface area (Å²) < 4.78 is 13.1. The molecule has 3 aromatic rings. The maximum atomic E-state index is 12.4. The predicted molar refractivity (Wildman–Crippen MR) is 103 cm³/mol. The molecule has 1 aromatic carbocycles. The Balaban J connectivity index is 2.01. The molecule has 0 aliphatic carbocycles. The van der Waals surface area contributed by atoms with Gasteiger partial charge in [0.2, 0.25) is 0 Å². The van der Waals surface area contributed by atoms with Gasteiger partial charge in [0.25, 0.3) is 11.5 Å². The third kappa shape index (κ3) is 2.66. The van der Waals surface area contributed by atoms with Gasteiger partial charge in [0.15, 0.2) is 11.9 Å². The highest BCUT2D eigenvalue weighted by Crippen LogP contribution is 2.44. The second kappa shape index (κ2) is 6.19. The van der Waals surface area contributed by atoms with Gasteiger partial charge < -0.3 is 24.3 Å². The van der Waals surface area contributed by atoms with E-state index in [-0.39, 0.29) is 17.4 Å². The molecule has 0 spiro atoms. The lowest BCUT2D eigenvalue weighted by Crippen LogP contribution is -2.40. The van der Waals surface area contributed by atoms with Crippen molar-refractivity contribution in [1.29, 1.82) is 0 Å². The first-order valence-corrected chi connectivity index (χ1v) is 8.77. The van der Waals surface area contributed by atoms with Crippen LogP contribution in [0.3, 0.4) is 0 Å². The van der Waals surface area contributed by atoms with Gasteiger partial charge in [0.1, 0.15) is 11.3 Å². The minimum Gasteiger partial charge on any atom is -0.497 e. The third-order valence-corrected chi connectivity index (χ3v) is 4.85. The number of aromatic amines is 1. The van der Waals surface area contributed by atoms with Crippen molar-refractivity contribution in [1.82, 2.24) is 9.55 Å². The summed E-state index contributed by atoms with van der Waals surface area (Å²) >= 11 is 0. The Morgan fingerprint density at radius 1 is 1.22 bits per heavy atom. The van der Waals surface area contributed by atoms with Crippen LogP contribution in [0.5, 0.6) is 11.5 Å². The molecule has 0 saturated heterocycles. The lowest BCUT2D eigenvalue weighted by Gasteiger charge is -2.30. The summed E-state index contributed by atoms with van der Waals surface area (Å²) in [7, 11) is 3.28. The second-order valence-electron chi connectivity index (χ2n) is 7.05. The zero-order chi connectivity index (χ0) is 19.3. The highest BCUT2D eigenvalue weighted by molar-refractivity contribution is 6.03. The van der Waals surface area contributed by atoms with Crippen LogP contribution in [0.2, 0.25) is 0 Å². The van der Waals surface area contributed by atoms with E-state index < -0.39 is 6.10 Å². The van der Waals surface area contributed by atoms with Gasteiger partial charge in [-0.2, -0.15) is 0 Å². The quantitative estimate of drug-likeness (QED) is 0.745. The molecule has 2 aromatic heterocycles. The number of carbonyl (C=O) groups is 1. The summed E-state index contributed by atoms with van der Waals surface area (Å²) in [5.74, 6) is 1.01. The van der Waals surface area contributed by atoms with Crippen LogP contribution in [0.1, 0.15) is 13.8 Å². The fourth-order valence-electron chi connectivity index (χ4n) is 3.45. The minimum atomic E-state index is -0.584. The molecule has 4 rings (SSSR count). The first kappa shape index (κ1) is 17.2. The van der Waals surface area contributed by atoms with E-state index in [0.717, 1.165) is 16.5 Å². The Kier molecular flexibility index (Phi) is 3.95. The fourth-order valence-corrected chi connectivity index (χ4v) is 3.45. The van der Waals surface area contributed by atoms with E-state index in [2.05, 4.69) is 10.3 Å². The van der Waals surface area contributed by atoms with Crippen molar-refractivity contribution in [2.75, 3.05) is 12.4 Å². The normalized spacial score (nSPS) is 16.2. The van der Waals surface area contributed by atoms with Gasteiger partial charge in [0.05, 0.1) is 12.8 Å². The van der Waals surface area contributed by atoms with E-state index in [4.69, 9.17) is 9.47 Å². The summed E-state index contributed by atoms with van der Waals surface area (Å²) in [5, 5.41) is 3.71. The average molecular weight is 367 g/mol. The van der Waals surface area contributed by atoms with Gasteiger partial charge in [-0.05, 0) is 18.1 Å². The Labute approximate surface area is 155 Å². The highest BCUT2D eigenvalue weighted by atomic mass is 16.5. The number of benzene rings is 1. The molecule has 0 fully saturated rings. The third-order valence-electron chi connectivity index (χ3n) is 4.85. The second-order valence-corrected chi connectivity index (χ2v) is 7.05. The number of aromatic nitrogens is 2. The number of hydrogen-bond acceptors (Lipinski definition) is 4. The molecule has 7 heteroatoms. The number of amides is 1. The van der Waals surface area contributed by atoms with Crippen LogP contribution >= 0.6 is 0 Å². The van der Waals surface area contributed by atoms with Gasteiger partial charge in [0, 0.05) is 42.0 Å². The number of aryl methyl sites for hydroxylation is 1. The molecule has 1 aliphatic heterocycles. The van der Waals surface area contributed by atoms with Crippen molar-refractivity contribution in [3.63, 3.8) is 0 Å². The van der Waals surface area contributed by atoms with Crippen molar-refractivity contribution >= 4 is 22.5 Å². The van der Waals surface area contributed by atoms with Crippen molar-refractivity contribution in [3.8, 4) is 22.6 Å². The zero-order valence-corrected chi connectivity index (χ0v) is 15.6. The Morgan fingerprint density at radius 2 is 2.00 bits per heavy atom. The number of rotatable bonds is 3. The molecule has 7 nitrogen and oxygen atoms in total. The number of H-pyrrole nitrogens is 1. The van der Waals surface area contributed by atoms with Crippen LogP contribution in [-0.4, -0.2) is 28.7 Å². The molecule has 0 bridgehead atoms. The van der Waals surface area contributed by atoms with E-state index in [9.17, 15) is 9.59 Å². The summed E-state index contributed by atoms with van der Waals surface area (Å²) in [6.45, 7) is 3.88. The van der Waals surface area contributed by atoms with Gasteiger partial charge in [-0.1, -0.05) is 13.8 Å². The molecule has 1 amide bonds. The number of ether oxygens (including phenoxy) is 2. The standard InChI is InChI=1S/C20H21N3O4/c1-10(2)17-19(24)22-15-8-11(26-4)7-13(18(15)27-17)14-9-23(3)20(25)16-12(14)5-6-21-16/h5-10,17,21H,1-4H3,(H,22,24). The van der Waals surface area contributed by atoms with E-state index >= 15 is 0 Å². The lowest BCUT2D eigenvalue weighted by molar-refractivity contribution is -0.125. The number of anilines is 1. The molecule has 1 aliphatic rings. The zero-order valence-electron chi connectivity index (χ0n) is 15.6. The largest absolute Gasteiger partial charge is 0.497 e. The molecule has 0 saturated carbocycles. The number of carbonyl (C=O) groups excluding carboxylic acids is 1. The molecule has 140 valence electrons. The first-order chi connectivity index (χ1) is 12.9. The van der Waals surface area contributed by atoms with Crippen LogP contribution in [0.25, 0.3) is 22.0 Å². The molecule has 27 heavy (non-hydrogen) atoms. The number of hydrogen-bond donors (Lipinski definition) is 2. The Hall–Kier alpha value is -3.22. The van der Waals surface area contributed by atoms with Crippen LogP contribution < -0.4 is 20.3 Å². The van der Waals surface area contributed by atoms with Crippen molar-refractivity contribution in [2.24, 2.45) is 13.0 Å². The van der Waals surface area contributed by atoms with Crippen LogP contribution in [0.15, 0.2) is 35.4 Å². The minimum absolute atomic E-state index is 0.0144. The maximum Gasteiger partial charge on any atom is 0.274 e. The molecule has 1 unspecified atom stereocenters. The van der Waals surface area contributed by atoms with Gasteiger partial charge in [-0.3, -0.25) is 9.59 Å². The van der Waals surface area contributed by atoms with Gasteiger partial charge >= 0.3 is 0 Å². The number of fused-ring (bicyclic) bond motifs is 2. The Bertz CT molecular complexity index is 1110. The summed E-state index contributed by atoms with van der Waals surface area (Å²) in [6.07, 6.45) is 2.93. The predicted octanol–water partition coefficient (Wildman–Crippen LogP) is 2.90. The maximum absolute atomic E-state index is 12.4. The van der Waals surface area contributed by atoms with E-state index in [0.29, 0.717) is 22.7 Å². The molecule has 2 N–H and O–H groups in total. The van der Waals surface area contributed by atoms with Crippen LogP contribution in [0.4, 0.5) is 5.69 Å². The SMILES string of the molecule is COc1cc2c(c(-c3cn(C)c(=O)c4[nH]ccc34)c1)OC(C(C)C)C(=O)N2.